The molecule has 0 aromatic heterocycles. The van der Waals surface area contributed by atoms with Crippen LogP contribution in [0.3, 0.4) is 0 Å². The number of benzene rings is 2. The minimum Gasteiger partial charge on any atom is -0.497 e. The van der Waals surface area contributed by atoms with E-state index in [4.69, 9.17) is 19.9 Å². The molecule has 146 valence electrons. The standard InChI is InChI=1S/C20H24N2O4.ClH/c1-24-15-8-9-16(21)17(12-15)22-20(23)13-7-10-18(19(11-13)25-2)26-14-5-3-4-6-14;/h7-12,14H,3-6,21H2,1-2H3,(H,22,23);1H. The number of carbonyl (C=O) groups excluding carboxylic acids is 1. The molecule has 1 aliphatic rings. The van der Waals surface area contributed by atoms with E-state index in [0.29, 0.717) is 34.2 Å². The molecule has 0 spiro atoms. The molecule has 7 heteroatoms. The Morgan fingerprint density at radius 3 is 2.44 bits per heavy atom. The summed E-state index contributed by atoms with van der Waals surface area (Å²) in [5, 5.41) is 2.80. The topological polar surface area (TPSA) is 82.8 Å². The van der Waals surface area contributed by atoms with Gasteiger partial charge in [0.05, 0.1) is 31.7 Å². The van der Waals surface area contributed by atoms with E-state index >= 15 is 0 Å². The van der Waals surface area contributed by atoms with Crippen LogP contribution in [0.5, 0.6) is 17.2 Å². The van der Waals surface area contributed by atoms with Gasteiger partial charge in [-0.2, -0.15) is 0 Å². The molecule has 0 bridgehead atoms. The molecule has 2 aromatic carbocycles. The van der Waals surface area contributed by atoms with Gasteiger partial charge in [-0.05, 0) is 56.0 Å². The van der Waals surface area contributed by atoms with Gasteiger partial charge < -0.3 is 25.3 Å². The van der Waals surface area contributed by atoms with Crippen molar-refractivity contribution in [2.24, 2.45) is 0 Å². The molecule has 0 unspecified atom stereocenters. The average Bonchev–Trinajstić information content (AvgIpc) is 3.16. The third kappa shape index (κ3) is 4.98. The first kappa shape index (κ1) is 20.7. The molecule has 1 fully saturated rings. The highest BCUT2D eigenvalue weighted by Crippen LogP contribution is 2.33. The second kappa shape index (κ2) is 9.37. The predicted octanol–water partition coefficient (Wildman–Crippen LogP) is 4.28. The second-order valence-electron chi connectivity index (χ2n) is 6.30. The first-order valence-corrected chi connectivity index (χ1v) is 8.70. The Morgan fingerprint density at radius 1 is 1.04 bits per heavy atom. The molecular formula is C20H25ClN2O4. The van der Waals surface area contributed by atoms with Gasteiger partial charge in [0, 0.05) is 11.6 Å². The van der Waals surface area contributed by atoms with Gasteiger partial charge in [0.15, 0.2) is 11.5 Å². The van der Waals surface area contributed by atoms with Crippen LogP contribution in [0.1, 0.15) is 36.0 Å². The van der Waals surface area contributed by atoms with Crippen molar-refractivity contribution in [1.82, 2.24) is 0 Å². The summed E-state index contributed by atoms with van der Waals surface area (Å²) < 4.78 is 16.6. The molecule has 3 N–H and O–H groups in total. The number of hydrogen-bond acceptors (Lipinski definition) is 5. The normalized spacial score (nSPS) is 13.6. The maximum atomic E-state index is 12.6. The Balaban J connectivity index is 0.00000261. The molecule has 1 saturated carbocycles. The fourth-order valence-electron chi connectivity index (χ4n) is 3.06. The second-order valence-corrected chi connectivity index (χ2v) is 6.30. The first-order valence-electron chi connectivity index (χ1n) is 8.70. The lowest BCUT2D eigenvalue weighted by molar-refractivity contribution is 0.102. The van der Waals surface area contributed by atoms with Gasteiger partial charge in [0.25, 0.3) is 5.91 Å². The number of anilines is 2. The van der Waals surface area contributed by atoms with Crippen molar-refractivity contribution in [3.05, 3.63) is 42.0 Å². The first-order chi connectivity index (χ1) is 12.6. The molecule has 6 nitrogen and oxygen atoms in total. The van der Waals surface area contributed by atoms with Crippen LogP contribution in [0, 0.1) is 0 Å². The number of methoxy groups -OCH3 is 2. The molecule has 1 amide bonds. The fraction of sp³-hybridized carbons (Fsp3) is 0.350. The number of nitrogens with two attached hydrogens (primary N) is 1. The SMILES string of the molecule is COc1ccc(N)c(NC(=O)c2ccc(OC3CCCC3)c(OC)c2)c1.Cl. The Bertz CT molecular complexity index is 792. The van der Waals surface area contributed by atoms with Gasteiger partial charge in [-0.3, -0.25) is 4.79 Å². The zero-order chi connectivity index (χ0) is 18.5. The molecule has 0 aliphatic heterocycles. The minimum absolute atomic E-state index is 0. The summed E-state index contributed by atoms with van der Waals surface area (Å²) in [5.74, 6) is 1.54. The van der Waals surface area contributed by atoms with E-state index in [2.05, 4.69) is 5.32 Å². The lowest BCUT2D eigenvalue weighted by atomic mass is 10.1. The molecule has 2 aromatic rings. The van der Waals surface area contributed by atoms with Crippen molar-refractivity contribution in [3.63, 3.8) is 0 Å². The summed E-state index contributed by atoms with van der Waals surface area (Å²) in [7, 11) is 3.13. The molecule has 27 heavy (non-hydrogen) atoms. The van der Waals surface area contributed by atoms with E-state index in [9.17, 15) is 4.79 Å². The number of nitrogens with one attached hydrogen (secondary N) is 1. The van der Waals surface area contributed by atoms with E-state index in [1.54, 1.807) is 50.6 Å². The Hall–Kier alpha value is -2.60. The number of carbonyl (C=O) groups is 1. The quantitative estimate of drug-likeness (QED) is 0.717. The van der Waals surface area contributed by atoms with Gasteiger partial charge in [-0.25, -0.2) is 0 Å². The average molecular weight is 393 g/mol. The van der Waals surface area contributed by atoms with Crippen LogP contribution < -0.4 is 25.3 Å². The number of rotatable bonds is 6. The minimum atomic E-state index is -0.282. The third-order valence-electron chi connectivity index (χ3n) is 4.53. The van der Waals surface area contributed by atoms with E-state index in [1.807, 2.05) is 0 Å². The largest absolute Gasteiger partial charge is 0.497 e. The van der Waals surface area contributed by atoms with Crippen LogP contribution in [-0.4, -0.2) is 26.2 Å². The Kier molecular flexibility index (Phi) is 7.19. The Morgan fingerprint density at radius 2 is 1.78 bits per heavy atom. The number of nitrogen functional groups attached to an aromatic ring is 1. The van der Waals surface area contributed by atoms with Crippen molar-refractivity contribution in [2.45, 2.75) is 31.8 Å². The zero-order valence-corrected chi connectivity index (χ0v) is 16.3. The highest BCUT2D eigenvalue weighted by molar-refractivity contribution is 6.06. The van der Waals surface area contributed by atoms with E-state index < -0.39 is 0 Å². The van der Waals surface area contributed by atoms with Crippen LogP contribution in [0.2, 0.25) is 0 Å². The molecule has 1 aliphatic carbocycles. The summed E-state index contributed by atoms with van der Waals surface area (Å²) >= 11 is 0. The van der Waals surface area contributed by atoms with E-state index in [1.165, 1.54) is 12.8 Å². The number of ether oxygens (including phenoxy) is 3. The van der Waals surface area contributed by atoms with Gasteiger partial charge in [-0.1, -0.05) is 0 Å². The number of hydrogen-bond donors (Lipinski definition) is 2. The monoisotopic (exact) mass is 392 g/mol. The molecular weight excluding hydrogens is 368 g/mol. The summed E-state index contributed by atoms with van der Waals surface area (Å²) in [5.41, 5.74) is 7.35. The molecule has 0 radical (unpaired) electrons. The van der Waals surface area contributed by atoms with Crippen LogP contribution in [-0.2, 0) is 0 Å². The highest BCUT2D eigenvalue weighted by Gasteiger charge is 2.19. The number of amides is 1. The summed E-state index contributed by atoms with van der Waals surface area (Å²) in [6, 6.07) is 10.3. The highest BCUT2D eigenvalue weighted by atomic mass is 35.5. The van der Waals surface area contributed by atoms with E-state index in [-0.39, 0.29) is 24.4 Å². The molecule has 0 saturated heterocycles. The summed E-state index contributed by atoms with van der Waals surface area (Å²) in [6.45, 7) is 0. The zero-order valence-electron chi connectivity index (χ0n) is 15.5. The molecule has 3 rings (SSSR count). The van der Waals surface area contributed by atoms with Gasteiger partial charge >= 0.3 is 0 Å². The smallest absolute Gasteiger partial charge is 0.255 e. The van der Waals surface area contributed by atoms with Crippen LogP contribution in [0.25, 0.3) is 0 Å². The van der Waals surface area contributed by atoms with Gasteiger partial charge in [0.2, 0.25) is 0 Å². The van der Waals surface area contributed by atoms with Crippen molar-refractivity contribution in [3.8, 4) is 17.2 Å². The Labute approximate surface area is 165 Å². The maximum Gasteiger partial charge on any atom is 0.255 e. The predicted molar refractivity (Wildman–Crippen MR) is 108 cm³/mol. The van der Waals surface area contributed by atoms with Crippen molar-refractivity contribution < 1.29 is 19.0 Å². The lowest BCUT2D eigenvalue weighted by Crippen LogP contribution is -2.15. The van der Waals surface area contributed by atoms with Gasteiger partial charge in [0.1, 0.15) is 5.75 Å². The fourth-order valence-corrected chi connectivity index (χ4v) is 3.06. The van der Waals surface area contributed by atoms with Crippen molar-refractivity contribution >= 4 is 29.7 Å². The number of halogens is 1. The van der Waals surface area contributed by atoms with E-state index in [0.717, 1.165) is 12.8 Å². The maximum absolute atomic E-state index is 12.6. The van der Waals surface area contributed by atoms with Crippen LogP contribution in [0.4, 0.5) is 11.4 Å². The third-order valence-corrected chi connectivity index (χ3v) is 4.53. The van der Waals surface area contributed by atoms with Crippen LogP contribution in [0.15, 0.2) is 36.4 Å². The lowest BCUT2D eigenvalue weighted by Gasteiger charge is -2.16. The summed E-state index contributed by atoms with van der Waals surface area (Å²) in [6.07, 6.45) is 4.71. The van der Waals surface area contributed by atoms with Crippen molar-refractivity contribution in [2.75, 3.05) is 25.3 Å². The summed E-state index contributed by atoms with van der Waals surface area (Å²) in [4.78, 5) is 12.6. The van der Waals surface area contributed by atoms with Crippen LogP contribution >= 0.6 is 12.4 Å². The van der Waals surface area contributed by atoms with Crippen molar-refractivity contribution in [1.29, 1.82) is 0 Å². The molecule has 0 atom stereocenters. The molecule has 0 heterocycles. The van der Waals surface area contributed by atoms with Gasteiger partial charge in [-0.15, -0.1) is 12.4 Å².